The lowest BCUT2D eigenvalue weighted by molar-refractivity contribution is 0.315. The molecule has 2 nitrogen and oxygen atoms in total. The van der Waals surface area contributed by atoms with Crippen LogP contribution in [0.1, 0.15) is 32.3 Å². The van der Waals surface area contributed by atoms with Gasteiger partial charge in [-0.25, -0.2) is 0 Å². The van der Waals surface area contributed by atoms with Gasteiger partial charge < -0.3 is 9.72 Å². The number of hydrogen-bond donors (Lipinski definition) is 1. The van der Waals surface area contributed by atoms with E-state index in [1.807, 2.05) is 12.4 Å². The molecule has 1 N–H and O–H groups in total. The second-order valence-corrected chi connectivity index (χ2v) is 2.94. The summed E-state index contributed by atoms with van der Waals surface area (Å²) in [5.74, 6) is 1.03. The smallest absolute Gasteiger partial charge is 0.139 e. The zero-order chi connectivity index (χ0) is 8.81. The molecule has 0 fully saturated rings. The molecule has 0 spiro atoms. The number of rotatable bonds is 5. The summed E-state index contributed by atoms with van der Waals surface area (Å²) >= 11 is 0. The summed E-state index contributed by atoms with van der Waals surface area (Å²) in [4.78, 5) is 3.07. The van der Waals surface area contributed by atoms with E-state index in [4.69, 9.17) is 4.74 Å². The molecule has 0 saturated heterocycles. The van der Waals surface area contributed by atoms with Crippen molar-refractivity contribution in [1.29, 1.82) is 0 Å². The van der Waals surface area contributed by atoms with E-state index >= 15 is 0 Å². The van der Waals surface area contributed by atoms with Crippen LogP contribution in [0.3, 0.4) is 0 Å². The van der Waals surface area contributed by atoms with Crippen LogP contribution in [-0.2, 0) is 6.42 Å². The molecule has 0 unspecified atom stereocenters. The summed E-state index contributed by atoms with van der Waals surface area (Å²) in [6.45, 7) is 5.11. The molecule has 0 saturated carbocycles. The standard InChI is InChI=1S/C10H17NO/c1-3-5-9-7-11-8-10(9)12-6-4-2/h7-8,11H,3-6H2,1-2H3. The molecule has 0 atom stereocenters. The fourth-order valence-electron chi connectivity index (χ4n) is 1.19. The Hall–Kier alpha value is -0.920. The van der Waals surface area contributed by atoms with E-state index in [9.17, 15) is 0 Å². The highest BCUT2D eigenvalue weighted by Crippen LogP contribution is 2.18. The van der Waals surface area contributed by atoms with Crippen LogP contribution in [0.4, 0.5) is 0 Å². The van der Waals surface area contributed by atoms with Crippen molar-refractivity contribution in [2.75, 3.05) is 6.61 Å². The molecule has 0 aliphatic heterocycles. The van der Waals surface area contributed by atoms with E-state index in [2.05, 4.69) is 18.8 Å². The fourth-order valence-corrected chi connectivity index (χ4v) is 1.19. The Morgan fingerprint density at radius 2 is 2.08 bits per heavy atom. The summed E-state index contributed by atoms with van der Waals surface area (Å²) in [5.41, 5.74) is 1.30. The van der Waals surface area contributed by atoms with Gasteiger partial charge in [-0.3, -0.25) is 0 Å². The Labute approximate surface area is 73.9 Å². The zero-order valence-electron chi connectivity index (χ0n) is 7.89. The Balaban J connectivity index is 2.51. The number of H-pyrrole nitrogens is 1. The van der Waals surface area contributed by atoms with Gasteiger partial charge in [0, 0.05) is 18.0 Å². The Morgan fingerprint density at radius 3 is 2.75 bits per heavy atom. The monoisotopic (exact) mass is 167 g/mol. The van der Waals surface area contributed by atoms with Crippen LogP contribution < -0.4 is 4.74 Å². The molecule has 1 rings (SSSR count). The average molecular weight is 167 g/mol. The first-order valence-corrected chi connectivity index (χ1v) is 4.67. The SMILES string of the molecule is CCCOc1c[nH]cc1CCC. The van der Waals surface area contributed by atoms with Crippen LogP contribution in [-0.4, -0.2) is 11.6 Å². The normalized spacial score (nSPS) is 10.2. The topological polar surface area (TPSA) is 25.0 Å². The third kappa shape index (κ3) is 2.29. The van der Waals surface area contributed by atoms with Crippen LogP contribution in [0.15, 0.2) is 12.4 Å². The molecule has 1 aromatic rings. The minimum absolute atomic E-state index is 0.814. The number of nitrogens with one attached hydrogen (secondary N) is 1. The molecule has 0 radical (unpaired) electrons. The van der Waals surface area contributed by atoms with E-state index in [-0.39, 0.29) is 0 Å². The van der Waals surface area contributed by atoms with E-state index in [0.717, 1.165) is 25.2 Å². The number of ether oxygens (including phenoxy) is 1. The van der Waals surface area contributed by atoms with Crippen LogP contribution in [0.2, 0.25) is 0 Å². The lowest BCUT2D eigenvalue weighted by Crippen LogP contribution is -1.96. The molecule has 0 aliphatic carbocycles. The summed E-state index contributed by atoms with van der Waals surface area (Å²) in [6, 6.07) is 0. The molecule has 68 valence electrons. The number of aromatic amines is 1. The molecule has 12 heavy (non-hydrogen) atoms. The molecule has 0 amide bonds. The van der Waals surface area contributed by atoms with E-state index < -0.39 is 0 Å². The second-order valence-electron chi connectivity index (χ2n) is 2.94. The van der Waals surface area contributed by atoms with Gasteiger partial charge in [-0.15, -0.1) is 0 Å². The van der Waals surface area contributed by atoms with Crippen LogP contribution in [0, 0.1) is 0 Å². The molecule has 2 heteroatoms. The zero-order valence-corrected chi connectivity index (χ0v) is 7.89. The number of aryl methyl sites for hydroxylation is 1. The van der Waals surface area contributed by atoms with Crippen molar-refractivity contribution in [3.05, 3.63) is 18.0 Å². The number of aromatic nitrogens is 1. The van der Waals surface area contributed by atoms with Gasteiger partial charge >= 0.3 is 0 Å². The summed E-state index contributed by atoms with van der Waals surface area (Å²) < 4.78 is 5.55. The average Bonchev–Trinajstić information content (AvgIpc) is 2.50. The predicted molar refractivity (Wildman–Crippen MR) is 50.6 cm³/mol. The van der Waals surface area contributed by atoms with Crippen molar-refractivity contribution in [1.82, 2.24) is 4.98 Å². The van der Waals surface area contributed by atoms with E-state index in [0.29, 0.717) is 0 Å². The second kappa shape index (κ2) is 4.86. The lowest BCUT2D eigenvalue weighted by atomic mass is 10.2. The van der Waals surface area contributed by atoms with E-state index in [1.54, 1.807) is 0 Å². The van der Waals surface area contributed by atoms with Crippen LogP contribution in [0.5, 0.6) is 5.75 Å². The van der Waals surface area contributed by atoms with Crippen LogP contribution in [0.25, 0.3) is 0 Å². The first kappa shape index (κ1) is 9.17. The highest BCUT2D eigenvalue weighted by molar-refractivity contribution is 5.29. The molecule has 0 aliphatic rings. The Morgan fingerprint density at radius 1 is 1.25 bits per heavy atom. The van der Waals surface area contributed by atoms with Crippen molar-refractivity contribution in [2.24, 2.45) is 0 Å². The quantitative estimate of drug-likeness (QED) is 0.716. The van der Waals surface area contributed by atoms with Gasteiger partial charge in [0.2, 0.25) is 0 Å². The molecule has 0 bridgehead atoms. The maximum Gasteiger partial charge on any atom is 0.139 e. The lowest BCUT2D eigenvalue weighted by Gasteiger charge is -2.03. The summed E-state index contributed by atoms with van der Waals surface area (Å²) in [7, 11) is 0. The molecule has 1 aromatic heterocycles. The predicted octanol–water partition coefficient (Wildman–Crippen LogP) is 2.76. The first-order valence-electron chi connectivity index (χ1n) is 4.67. The van der Waals surface area contributed by atoms with Crippen molar-refractivity contribution in [3.8, 4) is 5.75 Å². The van der Waals surface area contributed by atoms with E-state index in [1.165, 1.54) is 12.0 Å². The fraction of sp³-hybridized carbons (Fsp3) is 0.600. The third-order valence-corrected chi connectivity index (χ3v) is 1.77. The number of hydrogen-bond acceptors (Lipinski definition) is 1. The Kier molecular flexibility index (Phi) is 3.71. The molecular weight excluding hydrogens is 150 g/mol. The largest absolute Gasteiger partial charge is 0.492 e. The van der Waals surface area contributed by atoms with Gasteiger partial charge in [-0.2, -0.15) is 0 Å². The molecular formula is C10H17NO. The van der Waals surface area contributed by atoms with Crippen molar-refractivity contribution >= 4 is 0 Å². The van der Waals surface area contributed by atoms with Gasteiger partial charge in [-0.05, 0) is 12.8 Å². The maximum absolute atomic E-state index is 5.55. The van der Waals surface area contributed by atoms with Crippen molar-refractivity contribution in [3.63, 3.8) is 0 Å². The van der Waals surface area contributed by atoms with Gasteiger partial charge in [0.1, 0.15) is 5.75 Å². The molecule has 1 heterocycles. The third-order valence-electron chi connectivity index (χ3n) is 1.77. The van der Waals surface area contributed by atoms with Crippen molar-refractivity contribution < 1.29 is 4.74 Å². The summed E-state index contributed by atoms with van der Waals surface area (Å²) in [5, 5.41) is 0. The first-order chi connectivity index (χ1) is 5.88. The highest BCUT2D eigenvalue weighted by Gasteiger charge is 2.02. The Bertz CT molecular complexity index is 217. The van der Waals surface area contributed by atoms with Gasteiger partial charge in [-0.1, -0.05) is 20.3 Å². The van der Waals surface area contributed by atoms with Gasteiger partial charge in [0.15, 0.2) is 0 Å². The minimum Gasteiger partial charge on any atom is -0.492 e. The van der Waals surface area contributed by atoms with Gasteiger partial charge in [0.25, 0.3) is 0 Å². The summed E-state index contributed by atoms with van der Waals surface area (Å²) in [6.07, 6.45) is 7.29. The van der Waals surface area contributed by atoms with Crippen molar-refractivity contribution in [2.45, 2.75) is 33.1 Å². The van der Waals surface area contributed by atoms with Gasteiger partial charge in [0.05, 0.1) is 6.61 Å². The highest BCUT2D eigenvalue weighted by atomic mass is 16.5. The maximum atomic E-state index is 5.55. The minimum atomic E-state index is 0.814. The van der Waals surface area contributed by atoms with Crippen LogP contribution >= 0.6 is 0 Å². The molecule has 0 aromatic carbocycles.